The van der Waals surface area contributed by atoms with Crippen LogP contribution in [0, 0.1) is 0 Å². The number of hydrogen-bond acceptors (Lipinski definition) is 2. The SMILES string of the molecule is CN1CCC(N(CCc2ccccc2)C(=O)Nc2ccccc2)CC1. The van der Waals surface area contributed by atoms with Crippen molar-refractivity contribution in [1.82, 2.24) is 9.80 Å². The van der Waals surface area contributed by atoms with E-state index < -0.39 is 0 Å². The van der Waals surface area contributed by atoms with Crippen molar-refractivity contribution in [2.45, 2.75) is 25.3 Å². The van der Waals surface area contributed by atoms with Gasteiger partial charge in [-0.3, -0.25) is 0 Å². The van der Waals surface area contributed by atoms with Crippen molar-refractivity contribution >= 4 is 11.7 Å². The first-order valence-corrected chi connectivity index (χ1v) is 9.07. The third kappa shape index (κ3) is 5.07. The van der Waals surface area contributed by atoms with Gasteiger partial charge < -0.3 is 15.1 Å². The van der Waals surface area contributed by atoms with Gasteiger partial charge in [0, 0.05) is 18.3 Å². The van der Waals surface area contributed by atoms with Crippen LogP contribution in [0.3, 0.4) is 0 Å². The third-order valence-electron chi connectivity index (χ3n) is 4.90. The Bertz CT molecular complexity index is 651. The van der Waals surface area contributed by atoms with Gasteiger partial charge >= 0.3 is 6.03 Å². The largest absolute Gasteiger partial charge is 0.322 e. The number of rotatable bonds is 5. The van der Waals surface area contributed by atoms with Crippen LogP contribution in [0.25, 0.3) is 0 Å². The highest BCUT2D eigenvalue weighted by Gasteiger charge is 2.26. The van der Waals surface area contributed by atoms with Crippen LogP contribution in [0.2, 0.25) is 0 Å². The minimum absolute atomic E-state index is 0.0108. The minimum Gasteiger partial charge on any atom is -0.321 e. The van der Waals surface area contributed by atoms with Gasteiger partial charge in [-0.15, -0.1) is 0 Å². The summed E-state index contributed by atoms with van der Waals surface area (Å²) in [6.45, 7) is 2.84. The predicted molar refractivity (Wildman–Crippen MR) is 103 cm³/mol. The van der Waals surface area contributed by atoms with Gasteiger partial charge in [-0.1, -0.05) is 48.5 Å². The van der Waals surface area contributed by atoms with E-state index in [9.17, 15) is 4.79 Å². The smallest absolute Gasteiger partial charge is 0.321 e. The Labute approximate surface area is 150 Å². The Hall–Kier alpha value is -2.33. The van der Waals surface area contributed by atoms with Gasteiger partial charge in [0.25, 0.3) is 0 Å². The van der Waals surface area contributed by atoms with Crippen molar-refractivity contribution in [1.29, 1.82) is 0 Å². The summed E-state index contributed by atoms with van der Waals surface area (Å²) in [5.74, 6) is 0. The van der Waals surface area contributed by atoms with E-state index in [1.165, 1.54) is 5.56 Å². The summed E-state index contributed by atoms with van der Waals surface area (Å²) in [6, 6.07) is 20.4. The normalized spacial score (nSPS) is 15.7. The number of carbonyl (C=O) groups is 1. The highest BCUT2D eigenvalue weighted by atomic mass is 16.2. The molecule has 2 amide bonds. The molecule has 1 heterocycles. The molecule has 25 heavy (non-hydrogen) atoms. The minimum atomic E-state index is 0.0108. The number of anilines is 1. The number of amides is 2. The Morgan fingerprint density at radius 2 is 1.64 bits per heavy atom. The average molecular weight is 337 g/mol. The fourth-order valence-corrected chi connectivity index (χ4v) is 3.37. The zero-order valence-corrected chi connectivity index (χ0v) is 14.9. The maximum Gasteiger partial charge on any atom is 0.322 e. The van der Waals surface area contributed by atoms with Crippen LogP contribution in [-0.4, -0.2) is 48.6 Å². The Kier molecular flexibility index (Phi) is 6.07. The molecule has 2 aromatic carbocycles. The summed E-state index contributed by atoms with van der Waals surface area (Å²) >= 11 is 0. The van der Waals surface area contributed by atoms with Crippen LogP contribution in [0.15, 0.2) is 60.7 Å². The van der Waals surface area contributed by atoms with Crippen LogP contribution >= 0.6 is 0 Å². The van der Waals surface area contributed by atoms with Crippen LogP contribution in [0.5, 0.6) is 0 Å². The summed E-state index contributed by atoms with van der Waals surface area (Å²) in [5.41, 5.74) is 2.12. The zero-order valence-electron chi connectivity index (χ0n) is 14.9. The molecule has 1 saturated heterocycles. The molecule has 0 aromatic heterocycles. The molecule has 0 aliphatic carbocycles. The van der Waals surface area contributed by atoms with Gasteiger partial charge in [0.15, 0.2) is 0 Å². The summed E-state index contributed by atoms with van der Waals surface area (Å²) in [4.78, 5) is 17.3. The van der Waals surface area contributed by atoms with Crippen molar-refractivity contribution in [3.05, 3.63) is 66.2 Å². The summed E-state index contributed by atoms with van der Waals surface area (Å²) in [7, 11) is 2.15. The lowest BCUT2D eigenvalue weighted by Gasteiger charge is -2.37. The molecule has 0 bridgehead atoms. The second kappa shape index (κ2) is 8.67. The number of piperidine rings is 1. The molecule has 0 radical (unpaired) electrons. The van der Waals surface area contributed by atoms with E-state index in [1.807, 2.05) is 41.3 Å². The van der Waals surface area contributed by atoms with Crippen LogP contribution in [0.4, 0.5) is 10.5 Å². The number of benzene rings is 2. The molecule has 1 fully saturated rings. The lowest BCUT2D eigenvalue weighted by molar-refractivity contribution is 0.140. The Morgan fingerprint density at radius 3 is 2.28 bits per heavy atom. The highest BCUT2D eigenvalue weighted by Crippen LogP contribution is 2.18. The van der Waals surface area contributed by atoms with E-state index in [4.69, 9.17) is 0 Å². The number of urea groups is 1. The van der Waals surface area contributed by atoms with Crippen molar-refractivity contribution < 1.29 is 4.79 Å². The van der Waals surface area contributed by atoms with E-state index >= 15 is 0 Å². The molecular formula is C21H27N3O. The fraction of sp³-hybridized carbons (Fsp3) is 0.381. The maximum absolute atomic E-state index is 12.9. The standard InChI is InChI=1S/C21H27N3O/c1-23-15-13-20(14-16-23)24(17-12-18-8-4-2-5-9-18)21(25)22-19-10-6-3-7-11-19/h2-11,20H,12-17H2,1H3,(H,22,25). The fourth-order valence-electron chi connectivity index (χ4n) is 3.37. The van der Waals surface area contributed by atoms with Crippen LogP contribution < -0.4 is 5.32 Å². The molecule has 0 unspecified atom stereocenters. The monoisotopic (exact) mass is 337 g/mol. The topological polar surface area (TPSA) is 35.6 Å². The van der Waals surface area contributed by atoms with Gasteiger partial charge in [0.05, 0.1) is 0 Å². The third-order valence-corrected chi connectivity index (χ3v) is 4.90. The lowest BCUT2D eigenvalue weighted by Crippen LogP contribution is -2.48. The van der Waals surface area contributed by atoms with Crippen molar-refractivity contribution in [2.75, 3.05) is 32.0 Å². The summed E-state index contributed by atoms with van der Waals surface area (Å²) < 4.78 is 0. The van der Waals surface area contributed by atoms with Crippen molar-refractivity contribution in [3.8, 4) is 0 Å². The average Bonchev–Trinajstić information content (AvgIpc) is 2.65. The highest BCUT2D eigenvalue weighted by molar-refractivity contribution is 5.89. The van der Waals surface area contributed by atoms with Crippen molar-refractivity contribution in [3.63, 3.8) is 0 Å². The van der Waals surface area contributed by atoms with E-state index in [1.54, 1.807) is 0 Å². The Balaban J connectivity index is 1.68. The first-order valence-electron chi connectivity index (χ1n) is 9.07. The summed E-state index contributed by atoms with van der Waals surface area (Å²) in [5, 5.41) is 3.06. The number of likely N-dealkylation sites (tertiary alicyclic amines) is 1. The second-order valence-electron chi connectivity index (χ2n) is 6.76. The quantitative estimate of drug-likeness (QED) is 0.899. The molecule has 4 nitrogen and oxygen atoms in total. The number of nitrogens with zero attached hydrogens (tertiary/aromatic N) is 2. The van der Waals surface area contributed by atoms with Gasteiger partial charge in [-0.25, -0.2) is 4.79 Å². The molecule has 1 aliphatic rings. The molecular weight excluding hydrogens is 310 g/mol. The lowest BCUT2D eigenvalue weighted by atomic mass is 10.0. The van der Waals surface area contributed by atoms with Crippen LogP contribution in [0.1, 0.15) is 18.4 Å². The molecule has 3 rings (SSSR count). The van der Waals surface area contributed by atoms with Gasteiger partial charge in [0.2, 0.25) is 0 Å². The van der Waals surface area contributed by atoms with Gasteiger partial charge in [-0.2, -0.15) is 0 Å². The van der Waals surface area contributed by atoms with E-state index in [-0.39, 0.29) is 6.03 Å². The maximum atomic E-state index is 12.9. The van der Waals surface area contributed by atoms with E-state index in [2.05, 4.69) is 41.5 Å². The summed E-state index contributed by atoms with van der Waals surface area (Å²) in [6.07, 6.45) is 2.95. The van der Waals surface area contributed by atoms with Crippen LogP contribution in [-0.2, 0) is 6.42 Å². The molecule has 132 valence electrons. The molecule has 0 spiro atoms. The molecule has 0 saturated carbocycles. The van der Waals surface area contributed by atoms with E-state index in [0.29, 0.717) is 6.04 Å². The number of para-hydroxylation sites is 1. The predicted octanol–water partition coefficient (Wildman–Crippen LogP) is 3.86. The molecule has 4 heteroatoms. The first-order chi connectivity index (χ1) is 12.2. The first kappa shape index (κ1) is 17.5. The molecule has 2 aromatic rings. The number of carbonyl (C=O) groups excluding carboxylic acids is 1. The Morgan fingerprint density at radius 1 is 1.04 bits per heavy atom. The van der Waals surface area contributed by atoms with Crippen molar-refractivity contribution in [2.24, 2.45) is 0 Å². The number of nitrogens with one attached hydrogen (secondary N) is 1. The van der Waals surface area contributed by atoms with Gasteiger partial charge in [0.1, 0.15) is 0 Å². The van der Waals surface area contributed by atoms with E-state index in [0.717, 1.165) is 44.6 Å². The number of hydrogen-bond donors (Lipinski definition) is 1. The molecule has 0 atom stereocenters. The second-order valence-corrected chi connectivity index (χ2v) is 6.76. The zero-order chi connectivity index (χ0) is 17.5. The van der Waals surface area contributed by atoms with Gasteiger partial charge in [-0.05, 0) is 57.1 Å². The molecule has 1 aliphatic heterocycles. The molecule has 1 N–H and O–H groups in total.